The van der Waals surface area contributed by atoms with Gasteiger partial charge in [0.05, 0.1) is 18.1 Å². The van der Waals surface area contributed by atoms with Gasteiger partial charge in [0.1, 0.15) is 5.69 Å². The van der Waals surface area contributed by atoms with Crippen LogP contribution in [0, 0.1) is 0 Å². The Morgan fingerprint density at radius 2 is 2.19 bits per heavy atom. The summed E-state index contributed by atoms with van der Waals surface area (Å²) in [6, 6.07) is 3.62. The van der Waals surface area contributed by atoms with Crippen molar-refractivity contribution in [3.8, 4) is 5.69 Å². The van der Waals surface area contributed by atoms with Crippen LogP contribution in [0.5, 0.6) is 0 Å². The fraction of sp³-hybridized carbons (Fsp3) is 0.412. The molecule has 0 spiro atoms. The van der Waals surface area contributed by atoms with E-state index in [1.54, 1.807) is 51.1 Å². The molecular weight excluding hydrogens is 356 g/mol. The minimum atomic E-state index is -0.0949. The van der Waals surface area contributed by atoms with Crippen LogP contribution < -0.4 is 4.90 Å². The van der Waals surface area contributed by atoms with Gasteiger partial charge in [-0.2, -0.15) is 5.10 Å². The minimum Gasteiger partial charge on any atom is -0.326 e. The monoisotopic (exact) mass is 376 g/mol. The van der Waals surface area contributed by atoms with Crippen LogP contribution in [-0.2, 0) is 4.79 Å². The zero-order valence-electron chi connectivity index (χ0n) is 14.8. The number of carbonyl (C=O) groups excluding carboxylic acids is 2. The van der Waals surface area contributed by atoms with Gasteiger partial charge in [0, 0.05) is 45.8 Å². The Balaban J connectivity index is 1.71. The van der Waals surface area contributed by atoms with Crippen LogP contribution in [0.4, 0.5) is 10.5 Å². The standard InChI is InChI=1S/C17H21ClN6O2/c1-3-23(15(25)6-8-22-10-9-21(2)17(22)26)14-12-24(20-16(14)18)13-5-4-7-19-11-13/h4-5,7,11-12H,3,6,8-10H2,1-2H3. The molecule has 1 aliphatic rings. The topological polar surface area (TPSA) is 74.6 Å². The van der Waals surface area contributed by atoms with Crippen LogP contribution in [0.25, 0.3) is 5.69 Å². The van der Waals surface area contributed by atoms with Gasteiger partial charge < -0.3 is 14.7 Å². The quantitative estimate of drug-likeness (QED) is 0.773. The summed E-state index contributed by atoms with van der Waals surface area (Å²) in [7, 11) is 1.76. The number of aromatic nitrogens is 3. The number of hydrogen-bond donors (Lipinski definition) is 0. The highest BCUT2D eigenvalue weighted by molar-refractivity contribution is 6.32. The first-order valence-electron chi connectivity index (χ1n) is 8.47. The Bertz CT molecular complexity index is 794. The average molecular weight is 377 g/mol. The molecule has 8 nitrogen and oxygen atoms in total. The van der Waals surface area contributed by atoms with Gasteiger partial charge in [0.15, 0.2) is 5.15 Å². The largest absolute Gasteiger partial charge is 0.326 e. The predicted octanol–water partition coefficient (Wildman–Crippen LogP) is 2.03. The SMILES string of the molecule is CCN(C(=O)CCN1CCN(C)C1=O)c1cn(-c2cccnc2)nc1Cl. The summed E-state index contributed by atoms with van der Waals surface area (Å²) < 4.78 is 1.60. The van der Waals surface area contributed by atoms with Crippen LogP contribution in [0.15, 0.2) is 30.7 Å². The van der Waals surface area contributed by atoms with E-state index in [1.807, 2.05) is 13.0 Å². The third-order valence-corrected chi connectivity index (χ3v) is 4.64. The van der Waals surface area contributed by atoms with Crippen molar-refractivity contribution in [2.75, 3.05) is 38.1 Å². The van der Waals surface area contributed by atoms with Crippen molar-refractivity contribution in [3.05, 3.63) is 35.9 Å². The number of nitrogens with zero attached hydrogens (tertiary/aromatic N) is 6. The van der Waals surface area contributed by atoms with E-state index >= 15 is 0 Å². The van der Waals surface area contributed by atoms with Crippen LogP contribution >= 0.6 is 11.6 Å². The number of urea groups is 1. The molecule has 0 aliphatic carbocycles. The van der Waals surface area contributed by atoms with Gasteiger partial charge in [-0.3, -0.25) is 9.78 Å². The molecule has 0 bridgehead atoms. The maximum atomic E-state index is 12.7. The number of carbonyl (C=O) groups is 2. The van der Waals surface area contributed by atoms with E-state index in [9.17, 15) is 9.59 Å². The molecule has 1 fully saturated rings. The van der Waals surface area contributed by atoms with Gasteiger partial charge in [-0.05, 0) is 19.1 Å². The predicted molar refractivity (Wildman–Crippen MR) is 98.6 cm³/mol. The molecule has 0 N–H and O–H groups in total. The molecule has 26 heavy (non-hydrogen) atoms. The fourth-order valence-electron chi connectivity index (χ4n) is 2.90. The lowest BCUT2D eigenvalue weighted by Crippen LogP contribution is -2.36. The van der Waals surface area contributed by atoms with E-state index in [-0.39, 0.29) is 23.5 Å². The van der Waals surface area contributed by atoms with Crippen molar-refractivity contribution >= 4 is 29.2 Å². The molecule has 3 heterocycles. The first-order valence-corrected chi connectivity index (χ1v) is 8.85. The molecule has 9 heteroatoms. The van der Waals surface area contributed by atoms with Crippen molar-refractivity contribution in [3.63, 3.8) is 0 Å². The van der Waals surface area contributed by atoms with E-state index in [0.717, 1.165) is 5.69 Å². The lowest BCUT2D eigenvalue weighted by atomic mass is 10.3. The summed E-state index contributed by atoms with van der Waals surface area (Å²) in [5, 5.41) is 4.52. The molecule has 1 aliphatic heterocycles. The van der Waals surface area contributed by atoms with Gasteiger partial charge in [-0.1, -0.05) is 11.6 Å². The second kappa shape index (κ2) is 7.74. The Morgan fingerprint density at radius 3 is 2.81 bits per heavy atom. The fourth-order valence-corrected chi connectivity index (χ4v) is 3.14. The molecule has 0 radical (unpaired) electrons. The van der Waals surface area contributed by atoms with Crippen LogP contribution in [0.1, 0.15) is 13.3 Å². The van der Waals surface area contributed by atoms with Gasteiger partial charge in [-0.25, -0.2) is 9.48 Å². The average Bonchev–Trinajstić information content (AvgIpc) is 3.18. The van der Waals surface area contributed by atoms with Crippen molar-refractivity contribution < 1.29 is 9.59 Å². The molecule has 0 saturated carbocycles. The van der Waals surface area contributed by atoms with E-state index in [1.165, 1.54) is 0 Å². The van der Waals surface area contributed by atoms with Gasteiger partial charge in [-0.15, -0.1) is 0 Å². The summed E-state index contributed by atoms with van der Waals surface area (Å²) in [5.41, 5.74) is 1.31. The molecule has 3 rings (SSSR count). The molecule has 138 valence electrons. The Morgan fingerprint density at radius 1 is 1.38 bits per heavy atom. The molecule has 2 aromatic heterocycles. The highest BCUT2D eigenvalue weighted by Crippen LogP contribution is 2.26. The zero-order chi connectivity index (χ0) is 18.7. The molecule has 1 saturated heterocycles. The third-order valence-electron chi connectivity index (χ3n) is 4.37. The molecule has 2 aromatic rings. The number of pyridine rings is 1. The Hall–Kier alpha value is -2.61. The van der Waals surface area contributed by atoms with Crippen molar-refractivity contribution in [1.29, 1.82) is 0 Å². The summed E-state index contributed by atoms with van der Waals surface area (Å²) in [6.07, 6.45) is 5.30. The molecule has 3 amide bonds. The highest BCUT2D eigenvalue weighted by atomic mass is 35.5. The second-order valence-electron chi connectivity index (χ2n) is 6.04. The van der Waals surface area contributed by atoms with Gasteiger partial charge in [0.25, 0.3) is 0 Å². The third kappa shape index (κ3) is 3.65. The molecule has 0 unspecified atom stereocenters. The number of likely N-dealkylation sites (N-methyl/N-ethyl adjacent to an activating group) is 1. The maximum Gasteiger partial charge on any atom is 0.319 e. The van der Waals surface area contributed by atoms with Crippen LogP contribution in [-0.4, -0.2) is 69.7 Å². The van der Waals surface area contributed by atoms with Crippen molar-refractivity contribution in [1.82, 2.24) is 24.6 Å². The highest BCUT2D eigenvalue weighted by Gasteiger charge is 2.27. The van der Waals surface area contributed by atoms with Crippen molar-refractivity contribution in [2.45, 2.75) is 13.3 Å². The first-order chi connectivity index (χ1) is 12.5. The van der Waals surface area contributed by atoms with Gasteiger partial charge >= 0.3 is 6.03 Å². The Labute approximate surface area is 156 Å². The maximum absolute atomic E-state index is 12.7. The van der Waals surface area contributed by atoms with E-state index < -0.39 is 0 Å². The number of hydrogen-bond acceptors (Lipinski definition) is 4. The zero-order valence-corrected chi connectivity index (χ0v) is 15.6. The number of rotatable bonds is 6. The Kier molecular flexibility index (Phi) is 5.41. The minimum absolute atomic E-state index is 0.0386. The van der Waals surface area contributed by atoms with Gasteiger partial charge in [0.2, 0.25) is 5.91 Å². The van der Waals surface area contributed by atoms with Crippen molar-refractivity contribution in [2.24, 2.45) is 0 Å². The normalized spacial score (nSPS) is 14.2. The smallest absolute Gasteiger partial charge is 0.319 e. The van der Waals surface area contributed by atoms with Crippen LogP contribution in [0.2, 0.25) is 5.15 Å². The lowest BCUT2D eigenvalue weighted by molar-refractivity contribution is -0.118. The summed E-state index contributed by atoms with van der Waals surface area (Å²) in [5.74, 6) is -0.0949. The van der Waals surface area contributed by atoms with E-state index in [4.69, 9.17) is 11.6 Å². The first kappa shape index (κ1) is 18.2. The molecule has 0 atom stereocenters. The molecular formula is C17H21ClN6O2. The number of halogens is 1. The summed E-state index contributed by atoms with van der Waals surface area (Å²) in [6.45, 7) is 4.07. The second-order valence-corrected chi connectivity index (χ2v) is 6.40. The van der Waals surface area contributed by atoms with Crippen LogP contribution in [0.3, 0.4) is 0 Å². The lowest BCUT2D eigenvalue weighted by Gasteiger charge is -2.21. The number of anilines is 1. The summed E-state index contributed by atoms with van der Waals surface area (Å²) in [4.78, 5) is 33.6. The van der Waals surface area contributed by atoms with E-state index in [2.05, 4.69) is 10.1 Å². The number of amides is 3. The van der Waals surface area contributed by atoms with E-state index in [0.29, 0.717) is 31.9 Å². The molecule has 0 aromatic carbocycles. The summed E-state index contributed by atoms with van der Waals surface area (Å²) >= 11 is 6.26.